The van der Waals surface area contributed by atoms with E-state index in [1.807, 2.05) is 0 Å². The predicted octanol–water partition coefficient (Wildman–Crippen LogP) is 1.29. The maximum absolute atomic E-state index is 11.8. The molecule has 2 aliphatic rings. The average Bonchev–Trinajstić information content (AvgIpc) is 2.15. The molecule has 2 rings (SSSR count). The molecule has 3 heteroatoms. The maximum atomic E-state index is 11.8. The zero-order valence-corrected chi connectivity index (χ0v) is 9.59. The number of nitrogens with one attached hydrogen (secondary N) is 2. The number of rotatable bonds is 3. The van der Waals surface area contributed by atoms with Crippen molar-refractivity contribution in [2.75, 3.05) is 13.1 Å². The summed E-state index contributed by atoms with van der Waals surface area (Å²) in [5, 5.41) is 6.48. The van der Waals surface area contributed by atoms with Crippen molar-refractivity contribution in [3.63, 3.8) is 0 Å². The largest absolute Gasteiger partial charge is 0.356 e. The van der Waals surface area contributed by atoms with Gasteiger partial charge in [0.15, 0.2) is 0 Å². The molecule has 86 valence electrons. The van der Waals surface area contributed by atoms with Crippen molar-refractivity contribution in [3.05, 3.63) is 0 Å². The maximum Gasteiger partial charge on any atom is 0.223 e. The van der Waals surface area contributed by atoms with E-state index < -0.39 is 0 Å². The first-order chi connectivity index (χ1) is 7.25. The van der Waals surface area contributed by atoms with Crippen LogP contribution >= 0.6 is 0 Å². The van der Waals surface area contributed by atoms with Crippen molar-refractivity contribution in [2.24, 2.45) is 11.8 Å². The SMILES string of the molecule is CC1CC(C(=O)NCC2CCC2)CCN1. The topological polar surface area (TPSA) is 41.1 Å². The van der Waals surface area contributed by atoms with Gasteiger partial charge in [-0.3, -0.25) is 4.79 Å². The molecule has 3 nitrogen and oxygen atoms in total. The lowest BCUT2D eigenvalue weighted by atomic mass is 9.85. The first-order valence-corrected chi connectivity index (χ1v) is 6.27. The van der Waals surface area contributed by atoms with Crippen molar-refractivity contribution in [2.45, 2.75) is 45.1 Å². The highest BCUT2D eigenvalue weighted by Crippen LogP contribution is 2.25. The van der Waals surface area contributed by atoms with Crippen molar-refractivity contribution in [3.8, 4) is 0 Å². The van der Waals surface area contributed by atoms with Crippen molar-refractivity contribution in [1.82, 2.24) is 10.6 Å². The zero-order valence-electron chi connectivity index (χ0n) is 9.59. The molecule has 0 aromatic carbocycles. The number of hydrogen-bond acceptors (Lipinski definition) is 2. The summed E-state index contributed by atoms with van der Waals surface area (Å²) in [5.74, 6) is 1.31. The van der Waals surface area contributed by atoms with Crippen LogP contribution in [0.3, 0.4) is 0 Å². The second-order valence-corrected chi connectivity index (χ2v) is 5.12. The third-order valence-electron chi connectivity index (χ3n) is 3.78. The van der Waals surface area contributed by atoms with Gasteiger partial charge in [0.1, 0.15) is 0 Å². The normalized spacial score (nSPS) is 32.1. The summed E-state index contributed by atoms with van der Waals surface area (Å²) < 4.78 is 0. The van der Waals surface area contributed by atoms with Gasteiger partial charge >= 0.3 is 0 Å². The quantitative estimate of drug-likeness (QED) is 0.737. The molecule has 1 aliphatic heterocycles. The lowest BCUT2D eigenvalue weighted by Gasteiger charge is -2.29. The van der Waals surface area contributed by atoms with Crippen LogP contribution in [0.1, 0.15) is 39.0 Å². The Morgan fingerprint density at radius 2 is 2.20 bits per heavy atom. The molecule has 2 N–H and O–H groups in total. The van der Waals surface area contributed by atoms with E-state index in [2.05, 4.69) is 17.6 Å². The number of piperidine rings is 1. The zero-order chi connectivity index (χ0) is 10.7. The summed E-state index contributed by atoms with van der Waals surface area (Å²) in [5.41, 5.74) is 0. The molecule has 1 aliphatic carbocycles. The fraction of sp³-hybridized carbons (Fsp3) is 0.917. The molecule has 1 saturated heterocycles. The van der Waals surface area contributed by atoms with Crippen molar-refractivity contribution in [1.29, 1.82) is 0 Å². The summed E-state index contributed by atoms with van der Waals surface area (Å²) in [7, 11) is 0. The minimum absolute atomic E-state index is 0.251. The van der Waals surface area contributed by atoms with Gasteiger partial charge in [0, 0.05) is 18.5 Å². The second-order valence-electron chi connectivity index (χ2n) is 5.12. The lowest BCUT2D eigenvalue weighted by molar-refractivity contribution is -0.126. The van der Waals surface area contributed by atoms with Crippen LogP contribution in [0.4, 0.5) is 0 Å². The van der Waals surface area contributed by atoms with Crippen LogP contribution < -0.4 is 10.6 Å². The molecule has 0 spiro atoms. The molecular formula is C12H22N2O. The van der Waals surface area contributed by atoms with Crippen LogP contribution in [0.2, 0.25) is 0 Å². The lowest BCUT2D eigenvalue weighted by Crippen LogP contribution is -2.43. The van der Waals surface area contributed by atoms with E-state index in [9.17, 15) is 4.79 Å². The molecule has 0 bridgehead atoms. The molecule has 0 aromatic heterocycles. The molecule has 0 radical (unpaired) electrons. The fourth-order valence-electron chi connectivity index (χ4n) is 2.46. The Labute approximate surface area is 92.0 Å². The third-order valence-corrected chi connectivity index (χ3v) is 3.78. The highest BCUT2D eigenvalue weighted by atomic mass is 16.1. The summed E-state index contributed by atoms with van der Waals surface area (Å²) in [6.07, 6.45) is 5.97. The Balaban J connectivity index is 1.69. The van der Waals surface area contributed by atoms with Gasteiger partial charge in [-0.2, -0.15) is 0 Å². The van der Waals surface area contributed by atoms with Gasteiger partial charge < -0.3 is 10.6 Å². The van der Waals surface area contributed by atoms with Gasteiger partial charge in [0.2, 0.25) is 5.91 Å². The number of amides is 1. The Hall–Kier alpha value is -0.570. The van der Waals surface area contributed by atoms with E-state index in [-0.39, 0.29) is 11.8 Å². The number of carbonyl (C=O) groups is 1. The number of hydrogen-bond donors (Lipinski definition) is 2. The predicted molar refractivity (Wildman–Crippen MR) is 60.5 cm³/mol. The van der Waals surface area contributed by atoms with Gasteiger partial charge in [-0.1, -0.05) is 6.42 Å². The summed E-state index contributed by atoms with van der Waals surface area (Å²) in [6.45, 7) is 4.06. The molecule has 1 heterocycles. The molecule has 0 aromatic rings. The molecule has 15 heavy (non-hydrogen) atoms. The van der Waals surface area contributed by atoms with Crippen LogP contribution in [0.15, 0.2) is 0 Å². The van der Waals surface area contributed by atoms with Crippen LogP contribution in [0.25, 0.3) is 0 Å². The van der Waals surface area contributed by atoms with Crippen LogP contribution in [-0.4, -0.2) is 25.0 Å². The van der Waals surface area contributed by atoms with Crippen LogP contribution in [-0.2, 0) is 4.79 Å². The van der Waals surface area contributed by atoms with Crippen LogP contribution in [0, 0.1) is 11.8 Å². The molecule has 2 unspecified atom stereocenters. The second kappa shape index (κ2) is 4.97. The Kier molecular flexibility index (Phi) is 3.62. The van der Waals surface area contributed by atoms with E-state index in [4.69, 9.17) is 0 Å². The summed E-state index contributed by atoms with van der Waals surface area (Å²) >= 11 is 0. The Morgan fingerprint density at radius 3 is 2.80 bits per heavy atom. The number of carbonyl (C=O) groups excluding carboxylic acids is 1. The van der Waals surface area contributed by atoms with Gasteiger partial charge in [-0.05, 0) is 45.1 Å². The van der Waals surface area contributed by atoms with E-state index in [0.717, 1.165) is 31.8 Å². The van der Waals surface area contributed by atoms with E-state index in [1.54, 1.807) is 0 Å². The molecule has 1 amide bonds. The first kappa shape index (κ1) is 10.9. The molecule has 2 atom stereocenters. The smallest absolute Gasteiger partial charge is 0.223 e. The third kappa shape index (κ3) is 2.94. The van der Waals surface area contributed by atoms with Crippen LogP contribution in [0.5, 0.6) is 0 Å². The van der Waals surface area contributed by atoms with Gasteiger partial charge in [0.05, 0.1) is 0 Å². The first-order valence-electron chi connectivity index (χ1n) is 6.27. The van der Waals surface area contributed by atoms with Crippen molar-refractivity contribution < 1.29 is 4.79 Å². The standard InChI is InChI=1S/C12H22N2O/c1-9-7-11(5-6-13-9)12(15)14-8-10-3-2-4-10/h9-11,13H,2-8H2,1H3,(H,14,15). The minimum Gasteiger partial charge on any atom is -0.356 e. The molecule has 1 saturated carbocycles. The molecule has 2 fully saturated rings. The summed E-state index contributed by atoms with van der Waals surface area (Å²) in [6, 6.07) is 0.498. The highest BCUT2D eigenvalue weighted by molar-refractivity contribution is 5.78. The van der Waals surface area contributed by atoms with Crippen molar-refractivity contribution >= 4 is 5.91 Å². The van der Waals surface area contributed by atoms with E-state index in [1.165, 1.54) is 19.3 Å². The fourth-order valence-corrected chi connectivity index (χ4v) is 2.46. The summed E-state index contributed by atoms with van der Waals surface area (Å²) in [4.78, 5) is 11.8. The Bertz CT molecular complexity index is 226. The van der Waals surface area contributed by atoms with Gasteiger partial charge in [-0.15, -0.1) is 0 Å². The van der Waals surface area contributed by atoms with Gasteiger partial charge in [0.25, 0.3) is 0 Å². The molecular weight excluding hydrogens is 188 g/mol. The Morgan fingerprint density at radius 1 is 1.40 bits per heavy atom. The minimum atomic E-state index is 0.251. The average molecular weight is 210 g/mol. The van der Waals surface area contributed by atoms with E-state index >= 15 is 0 Å². The monoisotopic (exact) mass is 210 g/mol. The van der Waals surface area contributed by atoms with E-state index in [0.29, 0.717) is 6.04 Å². The van der Waals surface area contributed by atoms with Gasteiger partial charge in [-0.25, -0.2) is 0 Å². The highest BCUT2D eigenvalue weighted by Gasteiger charge is 2.25.